The minimum Gasteiger partial charge on any atom is -0.465 e. The normalized spacial score (nSPS) is 49.2. The maximum Gasteiger partial charge on any atom is 0.303 e. The first kappa shape index (κ1) is 25.9. The number of rotatable bonds is 5. The molecule has 0 aromatic heterocycles. The molecular formula is C26H38O10. The molecule has 3 heterocycles. The van der Waals surface area contributed by atoms with Crippen LogP contribution in [-0.4, -0.2) is 72.7 Å². The van der Waals surface area contributed by atoms with Crippen molar-refractivity contribution in [2.75, 3.05) is 13.2 Å². The van der Waals surface area contributed by atoms with Gasteiger partial charge in [-0.25, -0.2) is 0 Å². The molecule has 3 aliphatic heterocycles. The quantitative estimate of drug-likeness (QED) is 0.333. The highest BCUT2D eigenvalue weighted by atomic mass is 16.7. The van der Waals surface area contributed by atoms with Gasteiger partial charge in [0.25, 0.3) is 0 Å². The van der Waals surface area contributed by atoms with E-state index in [-0.39, 0.29) is 30.5 Å². The number of carbonyl (C=O) groups is 3. The molecule has 10 nitrogen and oxygen atoms in total. The Kier molecular flexibility index (Phi) is 6.42. The van der Waals surface area contributed by atoms with Gasteiger partial charge in [-0.1, -0.05) is 13.8 Å². The van der Waals surface area contributed by atoms with Crippen LogP contribution in [-0.2, 0) is 42.8 Å². The third-order valence-corrected chi connectivity index (χ3v) is 9.88. The number of ether oxygens (including phenoxy) is 6. The van der Waals surface area contributed by atoms with Crippen LogP contribution in [0.4, 0.5) is 0 Å². The van der Waals surface area contributed by atoms with Gasteiger partial charge in [0.05, 0.1) is 18.1 Å². The summed E-state index contributed by atoms with van der Waals surface area (Å²) in [6.07, 6.45) is 0.456. The fraction of sp³-hybridized carbons (Fsp3) is 0.885. The monoisotopic (exact) mass is 510 g/mol. The predicted molar refractivity (Wildman–Crippen MR) is 122 cm³/mol. The molecule has 36 heavy (non-hydrogen) atoms. The number of carbonyl (C=O) groups excluding carboxylic acids is 3. The minimum absolute atomic E-state index is 0.0141. The Morgan fingerprint density at radius 3 is 2.19 bits per heavy atom. The van der Waals surface area contributed by atoms with Crippen LogP contribution in [0.25, 0.3) is 0 Å². The molecule has 0 bridgehead atoms. The zero-order valence-corrected chi connectivity index (χ0v) is 21.7. The third kappa shape index (κ3) is 3.78. The van der Waals surface area contributed by atoms with Gasteiger partial charge in [0.1, 0.15) is 24.4 Å². The van der Waals surface area contributed by atoms with Gasteiger partial charge in [0.15, 0.2) is 12.6 Å². The van der Waals surface area contributed by atoms with E-state index < -0.39 is 59.1 Å². The number of esters is 3. The second-order valence-corrected chi connectivity index (χ2v) is 11.6. The largest absolute Gasteiger partial charge is 0.465 e. The molecule has 0 aromatic rings. The van der Waals surface area contributed by atoms with Gasteiger partial charge in [0.2, 0.25) is 0 Å². The summed E-state index contributed by atoms with van der Waals surface area (Å²) in [5.41, 5.74) is -2.26. The smallest absolute Gasteiger partial charge is 0.303 e. The molecule has 5 fully saturated rings. The van der Waals surface area contributed by atoms with Gasteiger partial charge in [-0.3, -0.25) is 14.4 Å². The molecule has 5 aliphatic rings. The Morgan fingerprint density at radius 1 is 0.944 bits per heavy atom. The Balaban J connectivity index is 1.59. The summed E-state index contributed by atoms with van der Waals surface area (Å²) in [7, 11) is 0. The topological polar surface area (TPSA) is 130 Å². The van der Waals surface area contributed by atoms with Crippen molar-refractivity contribution in [3.05, 3.63) is 0 Å². The van der Waals surface area contributed by atoms with Crippen LogP contribution >= 0.6 is 0 Å². The number of hydrogen-bond donors (Lipinski definition) is 1. The SMILES string of the molecule is CC(=O)OC[C@@]12[C@@H](OC(C)=O)C[C@@H](C)[C@](C)([C@@H]3C[C@H]4CC(O)O[C@H]4O3)[C@H]1CC[C@H](OC(C)=O)[C@]21CO1. The second-order valence-electron chi connectivity index (χ2n) is 11.6. The summed E-state index contributed by atoms with van der Waals surface area (Å²) < 4.78 is 35.8. The summed E-state index contributed by atoms with van der Waals surface area (Å²) in [6, 6.07) is 0. The standard InChI is InChI=1S/C26H38O10/c1-13-8-21(34-16(4)29)25(11-31-14(2)27)18(6-7-19(33-15(3)28)26(25)12-32-26)24(13,5)20-9-17-10-22(30)36-23(17)35-20/h13,17-23,30H,6-12H2,1-5H3/t13-,17+,18-,19+,20+,21+,22?,23-,24+,25+,26-/m1/s1. The Hall–Kier alpha value is -1.75. The summed E-state index contributed by atoms with van der Waals surface area (Å²) in [5, 5.41) is 9.94. The van der Waals surface area contributed by atoms with Gasteiger partial charge in [-0.05, 0) is 37.5 Å². The Labute approximate surface area is 211 Å². The van der Waals surface area contributed by atoms with E-state index in [2.05, 4.69) is 13.8 Å². The maximum absolute atomic E-state index is 12.3. The zero-order chi connectivity index (χ0) is 26.0. The van der Waals surface area contributed by atoms with Gasteiger partial charge >= 0.3 is 17.9 Å². The molecule has 202 valence electrons. The van der Waals surface area contributed by atoms with Crippen LogP contribution in [0.15, 0.2) is 0 Å². The van der Waals surface area contributed by atoms with Crippen molar-refractivity contribution < 1.29 is 47.9 Å². The predicted octanol–water partition coefficient (Wildman–Crippen LogP) is 2.09. The molecule has 1 N–H and O–H groups in total. The Morgan fingerprint density at radius 2 is 1.61 bits per heavy atom. The van der Waals surface area contributed by atoms with Crippen molar-refractivity contribution in [1.29, 1.82) is 0 Å². The lowest BCUT2D eigenvalue weighted by Gasteiger charge is -2.64. The molecule has 11 atom stereocenters. The van der Waals surface area contributed by atoms with Gasteiger partial charge in [-0.2, -0.15) is 0 Å². The van der Waals surface area contributed by atoms with Crippen LogP contribution in [0.5, 0.6) is 0 Å². The molecule has 10 heteroatoms. The first-order valence-corrected chi connectivity index (χ1v) is 13.0. The van der Waals surface area contributed by atoms with Crippen LogP contribution in [0.1, 0.15) is 66.7 Å². The van der Waals surface area contributed by atoms with Crippen molar-refractivity contribution in [1.82, 2.24) is 0 Å². The molecule has 2 saturated carbocycles. The van der Waals surface area contributed by atoms with Gasteiger partial charge in [0, 0.05) is 38.5 Å². The fourth-order valence-corrected chi connectivity index (χ4v) is 8.15. The molecule has 5 rings (SSSR count). The molecule has 0 radical (unpaired) electrons. The highest BCUT2D eigenvalue weighted by Crippen LogP contribution is 2.70. The van der Waals surface area contributed by atoms with Crippen LogP contribution in [0.3, 0.4) is 0 Å². The molecule has 1 spiro atoms. The zero-order valence-electron chi connectivity index (χ0n) is 21.7. The highest BCUT2D eigenvalue weighted by molar-refractivity contribution is 5.67. The van der Waals surface area contributed by atoms with Crippen molar-refractivity contribution in [2.24, 2.45) is 28.6 Å². The van der Waals surface area contributed by atoms with Crippen molar-refractivity contribution in [2.45, 2.75) is 103 Å². The van der Waals surface area contributed by atoms with Crippen LogP contribution in [0.2, 0.25) is 0 Å². The third-order valence-electron chi connectivity index (χ3n) is 9.88. The van der Waals surface area contributed by atoms with E-state index in [1.165, 1.54) is 20.8 Å². The fourth-order valence-electron chi connectivity index (χ4n) is 8.15. The first-order valence-electron chi connectivity index (χ1n) is 13.0. The van der Waals surface area contributed by atoms with E-state index in [4.69, 9.17) is 28.4 Å². The van der Waals surface area contributed by atoms with Gasteiger partial charge < -0.3 is 33.5 Å². The number of aliphatic hydroxyl groups is 1. The van der Waals surface area contributed by atoms with Crippen LogP contribution < -0.4 is 0 Å². The van der Waals surface area contributed by atoms with Crippen LogP contribution in [0, 0.1) is 28.6 Å². The lowest BCUT2D eigenvalue weighted by Crippen LogP contribution is -2.72. The van der Waals surface area contributed by atoms with Gasteiger partial charge in [-0.15, -0.1) is 0 Å². The van der Waals surface area contributed by atoms with E-state index in [1.54, 1.807) is 0 Å². The Bertz CT molecular complexity index is 902. The molecule has 0 amide bonds. The summed E-state index contributed by atoms with van der Waals surface area (Å²) in [6.45, 7) is 8.77. The van der Waals surface area contributed by atoms with Crippen molar-refractivity contribution >= 4 is 17.9 Å². The lowest BCUT2D eigenvalue weighted by atomic mass is 9.42. The van der Waals surface area contributed by atoms with Crippen molar-refractivity contribution in [3.8, 4) is 0 Å². The lowest BCUT2D eigenvalue weighted by molar-refractivity contribution is -0.275. The molecule has 1 unspecified atom stereocenters. The maximum atomic E-state index is 12.3. The molecular weight excluding hydrogens is 472 g/mol. The second kappa shape index (κ2) is 8.92. The summed E-state index contributed by atoms with van der Waals surface area (Å²) in [5.74, 6) is -1.20. The minimum atomic E-state index is -0.931. The van der Waals surface area contributed by atoms with E-state index in [1.807, 2.05) is 0 Å². The summed E-state index contributed by atoms with van der Waals surface area (Å²) in [4.78, 5) is 36.5. The highest BCUT2D eigenvalue weighted by Gasteiger charge is 2.80. The molecule has 3 saturated heterocycles. The molecule has 0 aromatic carbocycles. The van der Waals surface area contributed by atoms with Crippen molar-refractivity contribution in [3.63, 3.8) is 0 Å². The van der Waals surface area contributed by atoms with E-state index in [0.29, 0.717) is 32.3 Å². The van der Waals surface area contributed by atoms with E-state index in [9.17, 15) is 19.5 Å². The average Bonchev–Trinajstić information content (AvgIpc) is 3.36. The number of fused-ring (bicyclic) bond motifs is 3. The summed E-state index contributed by atoms with van der Waals surface area (Å²) >= 11 is 0. The molecule has 2 aliphatic carbocycles. The number of aliphatic hydroxyl groups excluding tert-OH is 1. The number of epoxide rings is 1. The van der Waals surface area contributed by atoms with E-state index in [0.717, 1.165) is 6.42 Å². The van der Waals surface area contributed by atoms with E-state index >= 15 is 0 Å². The average molecular weight is 511 g/mol. The first-order chi connectivity index (χ1) is 16.9. The number of hydrogen-bond acceptors (Lipinski definition) is 10.